The van der Waals surface area contributed by atoms with Gasteiger partial charge in [0.25, 0.3) is 0 Å². The van der Waals surface area contributed by atoms with E-state index in [1.54, 1.807) is 48.5 Å². The van der Waals surface area contributed by atoms with Crippen LogP contribution in [0, 0.1) is 6.92 Å². The van der Waals surface area contributed by atoms with Gasteiger partial charge in [0.1, 0.15) is 18.5 Å². The first-order valence-corrected chi connectivity index (χ1v) is 11.5. The summed E-state index contributed by atoms with van der Waals surface area (Å²) in [7, 11) is -3.94. The van der Waals surface area contributed by atoms with Gasteiger partial charge in [0, 0.05) is 13.1 Å². The summed E-state index contributed by atoms with van der Waals surface area (Å²) < 4.78 is 33.2. The van der Waals surface area contributed by atoms with E-state index in [0.29, 0.717) is 11.3 Å². The molecule has 2 atom stereocenters. The summed E-state index contributed by atoms with van der Waals surface area (Å²) in [4.78, 5) is 0.106. The van der Waals surface area contributed by atoms with E-state index in [0.717, 1.165) is 9.87 Å². The molecule has 6 nitrogen and oxygen atoms in total. The van der Waals surface area contributed by atoms with Crippen molar-refractivity contribution < 1.29 is 23.4 Å². The zero-order valence-corrected chi connectivity index (χ0v) is 18.2. The first kappa shape index (κ1) is 23.0. The number of aryl methyl sites for hydroxylation is 1. The lowest BCUT2D eigenvalue weighted by Crippen LogP contribution is -2.41. The van der Waals surface area contributed by atoms with Crippen LogP contribution in [0.15, 0.2) is 89.8 Å². The summed E-state index contributed by atoms with van der Waals surface area (Å²) in [6, 6.07) is 24.3. The predicted octanol–water partition coefficient (Wildman–Crippen LogP) is 3.16. The average molecular weight is 442 g/mol. The Morgan fingerprint density at radius 1 is 0.839 bits per heavy atom. The van der Waals surface area contributed by atoms with E-state index in [9.17, 15) is 18.6 Å². The molecule has 0 bridgehead atoms. The van der Waals surface area contributed by atoms with Gasteiger partial charge in [-0.1, -0.05) is 66.2 Å². The number of rotatable bonds is 10. The summed E-state index contributed by atoms with van der Waals surface area (Å²) in [6.45, 7) is 1.39. The number of hydrogen-bond donors (Lipinski definition) is 2. The summed E-state index contributed by atoms with van der Waals surface area (Å²) in [6.07, 6.45) is -2.12. The third kappa shape index (κ3) is 6.38. The van der Waals surface area contributed by atoms with Crippen molar-refractivity contribution in [2.24, 2.45) is 0 Å². The molecule has 0 aromatic heterocycles. The maximum Gasteiger partial charge on any atom is 0.243 e. The van der Waals surface area contributed by atoms with E-state index in [-0.39, 0.29) is 24.6 Å². The first-order valence-electron chi connectivity index (χ1n) is 10.0. The number of sulfonamides is 1. The highest BCUT2D eigenvalue weighted by atomic mass is 32.2. The number of hydrogen-bond acceptors (Lipinski definition) is 5. The molecule has 0 aliphatic rings. The Labute approximate surface area is 183 Å². The zero-order valence-electron chi connectivity index (χ0n) is 17.3. The summed E-state index contributed by atoms with van der Waals surface area (Å²) in [5.41, 5.74) is 1.53. The van der Waals surface area contributed by atoms with Crippen LogP contribution in [0.1, 0.15) is 17.2 Å². The molecule has 0 saturated carbocycles. The molecule has 0 spiro atoms. The lowest BCUT2D eigenvalue weighted by Gasteiger charge is -2.27. The van der Waals surface area contributed by atoms with Gasteiger partial charge in [0.05, 0.1) is 11.0 Å². The molecular formula is C24H27NO5S. The van der Waals surface area contributed by atoms with Crippen molar-refractivity contribution in [2.75, 3.05) is 19.7 Å². The second-order valence-corrected chi connectivity index (χ2v) is 9.28. The minimum absolute atomic E-state index is 0.0780. The topological polar surface area (TPSA) is 87.1 Å². The van der Waals surface area contributed by atoms with Crippen molar-refractivity contribution in [3.05, 3.63) is 96.1 Å². The fourth-order valence-electron chi connectivity index (χ4n) is 3.10. The Bertz CT molecular complexity index is 1040. The Hall–Kier alpha value is -2.71. The summed E-state index contributed by atoms with van der Waals surface area (Å²) in [5, 5.41) is 21.2. The normalized spacial score (nSPS) is 13.7. The fourth-order valence-corrected chi connectivity index (χ4v) is 4.58. The second kappa shape index (κ2) is 10.5. The Balaban J connectivity index is 1.78. The quantitative estimate of drug-likeness (QED) is 0.505. The standard InChI is InChI=1S/C24H27NO5S/c1-19-12-14-23(15-13-19)31(28,29)25(17-24(27)20-8-4-2-5-9-20)16-21(26)18-30-22-10-6-3-7-11-22/h2-15,21,24,26-27H,16-18H2,1H3/t21-,24-/m0/s1. The minimum Gasteiger partial charge on any atom is -0.491 e. The van der Waals surface area contributed by atoms with Crippen molar-refractivity contribution in [2.45, 2.75) is 24.0 Å². The monoisotopic (exact) mass is 441 g/mol. The minimum atomic E-state index is -3.94. The van der Waals surface area contributed by atoms with E-state index in [1.807, 2.05) is 31.2 Å². The molecule has 0 aliphatic heterocycles. The molecule has 3 rings (SSSR count). The predicted molar refractivity (Wildman–Crippen MR) is 119 cm³/mol. The number of para-hydroxylation sites is 1. The van der Waals surface area contributed by atoms with Crippen molar-refractivity contribution in [1.29, 1.82) is 0 Å². The van der Waals surface area contributed by atoms with Crippen molar-refractivity contribution in [3.8, 4) is 5.75 Å². The van der Waals surface area contributed by atoms with Crippen LogP contribution < -0.4 is 4.74 Å². The van der Waals surface area contributed by atoms with E-state index in [2.05, 4.69) is 0 Å². The first-order chi connectivity index (χ1) is 14.9. The highest BCUT2D eigenvalue weighted by Crippen LogP contribution is 2.22. The van der Waals surface area contributed by atoms with Gasteiger partial charge in [-0.3, -0.25) is 0 Å². The van der Waals surface area contributed by atoms with Gasteiger partial charge in [0.15, 0.2) is 0 Å². The van der Waals surface area contributed by atoms with Crippen molar-refractivity contribution >= 4 is 10.0 Å². The van der Waals surface area contributed by atoms with Gasteiger partial charge < -0.3 is 14.9 Å². The Morgan fingerprint density at radius 2 is 1.42 bits per heavy atom. The van der Waals surface area contributed by atoms with Crippen LogP contribution in [0.2, 0.25) is 0 Å². The molecule has 3 aromatic rings. The Morgan fingerprint density at radius 3 is 2.03 bits per heavy atom. The highest BCUT2D eigenvalue weighted by Gasteiger charge is 2.29. The molecule has 3 aromatic carbocycles. The summed E-state index contributed by atoms with van der Waals surface area (Å²) >= 11 is 0. The van der Waals surface area contributed by atoms with Crippen LogP contribution in [0.4, 0.5) is 0 Å². The molecule has 2 N–H and O–H groups in total. The van der Waals surface area contributed by atoms with E-state index in [4.69, 9.17) is 4.74 Å². The van der Waals surface area contributed by atoms with Gasteiger partial charge in [-0.15, -0.1) is 0 Å². The third-order valence-corrected chi connectivity index (χ3v) is 6.67. The Kier molecular flexibility index (Phi) is 7.81. The molecule has 164 valence electrons. The molecular weight excluding hydrogens is 414 g/mol. The lowest BCUT2D eigenvalue weighted by molar-refractivity contribution is 0.0742. The molecule has 0 heterocycles. The van der Waals surface area contributed by atoms with E-state index >= 15 is 0 Å². The largest absolute Gasteiger partial charge is 0.491 e. The zero-order chi connectivity index (χ0) is 22.3. The van der Waals surface area contributed by atoms with E-state index < -0.39 is 22.2 Å². The SMILES string of the molecule is Cc1ccc(S(=O)(=O)N(C[C@H](O)COc2ccccc2)C[C@H](O)c2ccccc2)cc1. The fraction of sp³-hybridized carbons (Fsp3) is 0.250. The van der Waals surface area contributed by atoms with Crippen molar-refractivity contribution in [1.82, 2.24) is 4.31 Å². The van der Waals surface area contributed by atoms with Gasteiger partial charge in [-0.2, -0.15) is 4.31 Å². The number of aliphatic hydroxyl groups is 2. The molecule has 31 heavy (non-hydrogen) atoms. The van der Waals surface area contributed by atoms with Crippen LogP contribution in [-0.4, -0.2) is 48.7 Å². The molecule has 0 amide bonds. The maximum atomic E-state index is 13.3. The number of aliphatic hydroxyl groups excluding tert-OH is 2. The van der Waals surface area contributed by atoms with Gasteiger partial charge in [-0.25, -0.2) is 8.42 Å². The van der Waals surface area contributed by atoms with Gasteiger partial charge in [-0.05, 0) is 36.8 Å². The number of benzene rings is 3. The summed E-state index contributed by atoms with van der Waals surface area (Å²) in [5.74, 6) is 0.582. The third-order valence-electron chi connectivity index (χ3n) is 4.82. The number of ether oxygens (including phenoxy) is 1. The van der Waals surface area contributed by atoms with Crippen LogP contribution in [-0.2, 0) is 10.0 Å². The van der Waals surface area contributed by atoms with E-state index in [1.165, 1.54) is 12.1 Å². The van der Waals surface area contributed by atoms with Gasteiger partial charge >= 0.3 is 0 Å². The maximum absolute atomic E-state index is 13.3. The molecule has 0 aliphatic carbocycles. The number of nitrogens with zero attached hydrogens (tertiary/aromatic N) is 1. The molecule has 7 heteroatoms. The van der Waals surface area contributed by atoms with Crippen molar-refractivity contribution in [3.63, 3.8) is 0 Å². The molecule has 0 saturated heterocycles. The second-order valence-electron chi connectivity index (χ2n) is 7.34. The molecule has 0 unspecified atom stereocenters. The van der Waals surface area contributed by atoms with Crippen LogP contribution in [0.25, 0.3) is 0 Å². The van der Waals surface area contributed by atoms with Gasteiger partial charge in [0.2, 0.25) is 10.0 Å². The lowest BCUT2D eigenvalue weighted by atomic mass is 10.1. The average Bonchev–Trinajstić information content (AvgIpc) is 2.79. The highest BCUT2D eigenvalue weighted by molar-refractivity contribution is 7.89. The molecule has 0 radical (unpaired) electrons. The smallest absolute Gasteiger partial charge is 0.243 e. The van der Waals surface area contributed by atoms with Crippen LogP contribution in [0.5, 0.6) is 5.75 Å². The van der Waals surface area contributed by atoms with Crippen LogP contribution >= 0.6 is 0 Å². The van der Waals surface area contributed by atoms with Crippen LogP contribution in [0.3, 0.4) is 0 Å². The molecule has 0 fully saturated rings.